The fourth-order valence-electron chi connectivity index (χ4n) is 3.76. The molecule has 7 heteroatoms. The molecular weight excluding hydrogens is 416 g/mol. The first-order valence-electron chi connectivity index (χ1n) is 11.3. The normalized spacial score (nSPS) is 14.8. The first-order valence-corrected chi connectivity index (χ1v) is 11.3. The third-order valence-corrected chi connectivity index (χ3v) is 5.88. The zero-order valence-corrected chi connectivity index (χ0v) is 19.4. The summed E-state index contributed by atoms with van der Waals surface area (Å²) in [5.74, 6) is 2.47. The van der Waals surface area contributed by atoms with Gasteiger partial charge in [-0.05, 0) is 47.4 Å². The van der Waals surface area contributed by atoms with E-state index in [1.165, 1.54) is 5.56 Å². The van der Waals surface area contributed by atoms with Crippen molar-refractivity contribution < 1.29 is 14.1 Å². The Morgan fingerprint density at radius 1 is 1.06 bits per heavy atom. The first-order chi connectivity index (χ1) is 16.0. The third kappa shape index (κ3) is 5.87. The van der Waals surface area contributed by atoms with Crippen LogP contribution in [-0.2, 0) is 11.3 Å². The van der Waals surface area contributed by atoms with E-state index < -0.39 is 0 Å². The van der Waals surface area contributed by atoms with Crippen molar-refractivity contribution in [2.45, 2.75) is 26.3 Å². The smallest absolute Gasteiger partial charge is 0.246 e. The number of piperazine rings is 1. The summed E-state index contributed by atoms with van der Waals surface area (Å²) < 4.78 is 10.6. The molecule has 1 aromatic heterocycles. The standard InChI is InChI=1S/C26H30N4O3/c1-19(2)21-7-4-20(5-8-21)6-13-25(31)30-16-14-29(15-17-30)18-24-27-26(28-33-24)22-9-11-23(32-3)12-10-22/h4-13,19H,14-18H2,1-3H3/b13-6+. The maximum atomic E-state index is 12.6. The van der Waals surface area contributed by atoms with Crippen LogP contribution in [0.1, 0.15) is 36.8 Å². The lowest BCUT2D eigenvalue weighted by Gasteiger charge is -2.33. The lowest BCUT2D eigenvalue weighted by molar-refractivity contribution is -0.127. The monoisotopic (exact) mass is 446 g/mol. The molecule has 0 bridgehead atoms. The van der Waals surface area contributed by atoms with Gasteiger partial charge in [-0.2, -0.15) is 4.98 Å². The van der Waals surface area contributed by atoms with E-state index in [1.54, 1.807) is 13.2 Å². The van der Waals surface area contributed by atoms with Crippen LogP contribution in [0.3, 0.4) is 0 Å². The second-order valence-corrected chi connectivity index (χ2v) is 8.50. The van der Waals surface area contributed by atoms with Crippen LogP contribution in [0, 0.1) is 0 Å². The number of hydrogen-bond acceptors (Lipinski definition) is 6. The number of amides is 1. The number of nitrogens with zero attached hydrogens (tertiary/aromatic N) is 4. The molecule has 0 atom stereocenters. The largest absolute Gasteiger partial charge is 0.497 e. The molecule has 1 aliphatic heterocycles. The highest BCUT2D eigenvalue weighted by Gasteiger charge is 2.21. The fourth-order valence-corrected chi connectivity index (χ4v) is 3.76. The van der Waals surface area contributed by atoms with Crippen molar-refractivity contribution in [3.63, 3.8) is 0 Å². The quantitative estimate of drug-likeness (QED) is 0.506. The molecule has 1 aliphatic rings. The number of carbonyl (C=O) groups excluding carboxylic acids is 1. The summed E-state index contributed by atoms with van der Waals surface area (Å²) in [6.07, 6.45) is 3.55. The number of aromatic nitrogens is 2. The fraction of sp³-hybridized carbons (Fsp3) is 0.346. The second kappa shape index (κ2) is 10.4. The van der Waals surface area contributed by atoms with Gasteiger partial charge in [0.15, 0.2) is 0 Å². The van der Waals surface area contributed by atoms with Gasteiger partial charge < -0.3 is 14.2 Å². The van der Waals surface area contributed by atoms with Crippen molar-refractivity contribution in [3.05, 3.63) is 71.6 Å². The van der Waals surface area contributed by atoms with Crippen molar-refractivity contribution >= 4 is 12.0 Å². The van der Waals surface area contributed by atoms with Gasteiger partial charge in [0.25, 0.3) is 0 Å². The van der Waals surface area contributed by atoms with Crippen molar-refractivity contribution in [1.82, 2.24) is 19.9 Å². The molecule has 2 aromatic carbocycles. The number of benzene rings is 2. The van der Waals surface area contributed by atoms with Crippen molar-refractivity contribution in [2.75, 3.05) is 33.3 Å². The van der Waals surface area contributed by atoms with Gasteiger partial charge in [0.1, 0.15) is 5.75 Å². The van der Waals surface area contributed by atoms with Crippen LogP contribution in [0.2, 0.25) is 0 Å². The molecule has 7 nitrogen and oxygen atoms in total. The van der Waals surface area contributed by atoms with Gasteiger partial charge in [-0.3, -0.25) is 9.69 Å². The van der Waals surface area contributed by atoms with Crippen LogP contribution in [-0.4, -0.2) is 59.1 Å². The molecule has 3 aromatic rings. The zero-order chi connectivity index (χ0) is 23.2. The Morgan fingerprint density at radius 3 is 2.39 bits per heavy atom. The van der Waals surface area contributed by atoms with E-state index >= 15 is 0 Å². The highest BCUT2D eigenvalue weighted by molar-refractivity contribution is 5.91. The Labute approximate surface area is 194 Å². The van der Waals surface area contributed by atoms with Gasteiger partial charge in [0.05, 0.1) is 13.7 Å². The Bertz CT molecular complexity index is 1080. The van der Waals surface area contributed by atoms with Gasteiger partial charge in [0.2, 0.25) is 17.6 Å². The summed E-state index contributed by atoms with van der Waals surface area (Å²) in [4.78, 5) is 21.2. The summed E-state index contributed by atoms with van der Waals surface area (Å²) in [5.41, 5.74) is 3.22. The number of ether oxygens (including phenoxy) is 1. The molecular formula is C26H30N4O3. The van der Waals surface area contributed by atoms with Gasteiger partial charge in [0, 0.05) is 37.8 Å². The van der Waals surface area contributed by atoms with E-state index in [2.05, 4.69) is 53.2 Å². The lowest BCUT2D eigenvalue weighted by atomic mass is 10.0. The molecule has 33 heavy (non-hydrogen) atoms. The minimum Gasteiger partial charge on any atom is -0.497 e. The highest BCUT2D eigenvalue weighted by Crippen LogP contribution is 2.20. The van der Waals surface area contributed by atoms with Gasteiger partial charge >= 0.3 is 0 Å². The number of hydrogen-bond donors (Lipinski definition) is 0. The molecule has 0 N–H and O–H groups in total. The van der Waals surface area contributed by atoms with Crippen LogP contribution in [0.25, 0.3) is 17.5 Å². The highest BCUT2D eigenvalue weighted by atomic mass is 16.5. The zero-order valence-electron chi connectivity index (χ0n) is 19.4. The maximum absolute atomic E-state index is 12.6. The van der Waals surface area contributed by atoms with Crippen molar-refractivity contribution in [3.8, 4) is 17.1 Å². The molecule has 0 aliphatic carbocycles. The summed E-state index contributed by atoms with van der Waals surface area (Å²) in [6.45, 7) is 7.80. The Balaban J connectivity index is 1.26. The Kier molecular flexibility index (Phi) is 7.19. The Morgan fingerprint density at radius 2 is 1.76 bits per heavy atom. The van der Waals surface area contributed by atoms with Crippen LogP contribution >= 0.6 is 0 Å². The summed E-state index contributed by atoms with van der Waals surface area (Å²) in [6, 6.07) is 15.9. The molecule has 1 fully saturated rings. The van der Waals surface area contributed by atoms with Crippen LogP contribution in [0.5, 0.6) is 5.75 Å². The number of rotatable bonds is 7. The van der Waals surface area contributed by atoms with Gasteiger partial charge in [-0.15, -0.1) is 0 Å². The van der Waals surface area contributed by atoms with E-state index in [0.717, 1.165) is 30.0 Å². The number of carbonyl (C=O) groups is 1. The predicted molar refractivity (Wildman–Crippen MR) is 128 cm³/mol. The minimum absolute atomic E-state index is 0.0437. The third-order valence-electron chi connectivity index (χ3n) is 5.88. The second-order valence-electron chi connectivity index (χ2n) is 8.50. The number of methoxy groups -OCH3 is 1. The molecule has 0 radical (unpaired) electrons. The van der Waals surface area contributed by atoms with Crippen molar-refractivity contribution in [1.29, 1.82) is 0 Å². The van der Waals surface area contributed by atoms with Gasteiger partial charge in [-0.1, -0.05) is 43.3 Å². The van der Waals surface area contributed by atoms with Crippen LogP contribution < -0.4 is 4.74 Å². The first kappa shape index (κ1) is 22.7. The summed E-state index contributed by atoms with van der Waals surface area (Å²) >= 11 is 0. The molecule has 1 amide bonds. The minimum atomic E-state index is 0.0437. The molecule has 0 spiro atoms. The Hall–Kier alpha value is -3.45. The average Bonchev–Trinajstić information content (AvgIpc) is 3.31. The SMILES string of the molecule is COc1ccc(-c2noc(CN3CCN(C(=O)/C=C/c4ccc(C(C)C)cc4)CC3)n2)cc1. The van der Waals surface area contributed by atoms with E-state index in [-0.39, 0.29) is 5.91 Å². The summed E-state index contributed by atoms with van der Waals surface area (Å²) in [7, 11) is 1.64. The van der Waals surface area contributed by atoms with E-state index in [9.17, 15) is 4.79 Å². The van der Waals surface area contributed by atoms with Crippen molar-refractivity contribution in [2.24, 2.45) is 0 Å². The molecule has 4 rings (SSSR count). The molecule has 2 heterocycles. The molecule has 172 valence electrons. The lowest BCUT2D eigenvalue weighted by Crippen LogP contribution is -2.47. The molecule has 1 saturated heterocycles. The van der Waals surface area contributed by atoms with Crippen LogP contribution in [0.15, 0.2) is 59.1 Å². The van der Waals surface area contributed by atoms with E-state index in [1.807, 2.05) is 35.2 Å². The predicted octanol–water partition coefficient (Wildman–Crippen LogP) is 4.23. The van der Waals surface area contributed by atoms with Crippen LogP contribution in [0.4, 0.5) is 0 Å². The summed E-state index contributed by atoms with van der Waals surface area (Å²) in [5, 5.41) is 4.09. The topological polar surface area (TPSA) is 71.7 Å². The van der Waals surface area contributed by atoms with E-state index in [0.29, 0.717) is 37.3 Å². The average molecular weight is 447 g/mol. The van der Waals surface area contributed by atoms with Gasteiger partial charge in [-0.25, -0.2) is 0 Å². The molecule has 0 unspecified atom stereocenters. The maximum Gasteiger partial charge on any atom is 0.246 e. The van der Waals surface area contributed by atoms with E-state index in [4.69, 9.17) is 9.26 Å². The molecule has 0 saturated carbocycles.